The van der Waals surface area contributed by atoms with Crippen LogP contribution in [0.3, 0.4) is 0 Å². The summed E-state index contributed by atoms with van der Waals surface area (Å²) < 4.78 is 5.96. The molecule has 1 heterocycles. The summed E-state index contributed by atoms with van der Waals surface area (Å²) in [5.41, 5.74) is 1.89. The first-order chi connectivity index (χ1) is 10.2. The Hall–Kier alpha value is -1.46. The maximum absolute atomic E-state index is 11.8. The third-order valence-corrected chi connectivity index (χ3v) is 3.87. The van der Waals surface area contributed by atoms with Crippen molar-refractivity contribution in [3.8, 4) is 0 Å². The van der Waals surface area contributed by atoms with Gasteiger partial charge in [-0.25, -0.2) is 14.8 Å². The van der Waals surface area contributed by atoms with E-state index in [1.807, 2.05) is 24.3 Å². The number of esters is 1. The number of hydrogen-bond acceptors (Lipinski definition) is 4. The summed E-state index contributed by atoms with van der Waals surface area (Å²) in [4.78, 5) is 20.4. The van der Waals surface area contributed by atoms with Gasteiger partial charge in [-0.15, -0.1) is 11.6 Å². The number of ether oxygens (including phenoxy) is 1. The predicted octanol–water partition coefficient (Wildman–Crippen LogP) is 3.75. The summed E-state index contributed by atoms with van der Waals surface area (Å²) in [7, 11) is 0. The molecule has 0 N–H and O–H groups in total. The average molecular weight is 370 g/mol. The Bertz CT molecular complexity index is 649. The highest BCUT2D eigenvalue weighted by molar-refractivity contribution is 9.10. The van der Waals surface area contributed by atoms with Gasteiger partial charge in [-0.2, -0.15) is 0 Å². The van der Waals surface area contributed by atoms with Crippen molar-refractivity contribution in [3.05, 3.63) is 57.6 Å². The fraction of sp³-hybridized carbons (Fsp3) is 0.267. The molecular formula is C15H14BrClN2O2. The van der Waals surface area contributed by atoms with Crippen LogP contribution in [0.15, 0.2) is 34.9 Å². The Morgan fingerprint density at radius 2 is 2.14 bits per heavy atom. The lowest BCUT2D eigenvalue weighted by atomic mass is 10.1. The van der Waals surface area contributed by atoms with Crippen LogP contribution in [0.2, 0.25) is 0 Å². The van der Waals surface area contributed by atoms with E-state index in [1.165, 1.54) is 6.20 Å². The molecule has 0 aliphatic carbocycles. The minimum atomic E-state index is -0.444. The lowest BCUT2D eigenvalue weighted by Gasteiger charge is -2.08. The van der Waals surface area contributed by atoms with Gasteiger partial charge in [-0.3, -0.25) is 0 Å². The zero-order chi connectivity index (χ0) is 15.2. The molecule has 2 rings (SSSR count). The fourth-order valence-corrected chi connectivity index (χ4v) is 2.47. The summed E-state index contributed by atoms with van der Waals surface area (Å²) in [6.45, 7) is 2.06. The van der Waals surface area contributed by atoms with E-state index in [4.69, 9.17) is 16.3 Å². The molecular weight excluding hydrogens is 356 g/mol. The quantitative estimate of drug-likeness (QED) is 0.595. The highest BCUT2D eigenvalue weighted by Gasteiger charge is 2.15. The second kappa shape index (κ2) is 7.52. The standard InChI is InChI=1S/C15H14BrClN2O2/c1-2-21-15(20)11-9-18-14(19-13(11)8-17)7-10-5-3-4-6-12(10)16/h3-6,9H,2,7-8H2,1H3. The van der Waals surface area contributed by atoms with Gasteiger partial charge in [0.05, 0.1) is 18.2 Å². The molecule has 6 heteroatoms. The smallest absolute Gasteiger partial charge is 0.341 e. The van der Waals surface area contributed by atoms with Gasteiger partial charge in [-0.05, 0) is 18.6 Å². The van der Waals surface area contributed by atoms with Crippen LogP contribution in [0.25, 0.3) is 0 Å². The number of alkyl halides is 1. The first-order valence-electron chi connectivity index (χ1n) is 6.47. The van der Waals surface area contributed by atoms with E-state index in [-0.39, 0.29) is 5.88 Å². The van der Waals surface area contributed by atoms with E-state index < -0.39 is 5.97 Å². The van der Waals surface area contributed by atoms with E-state index in [0.717, 1.165) is 10.0 Å². The van der Waals surface area contributed by atoms with Crippen LogP contribution in [-0.4, -0.2) is 22.5 Å². The van der Waals surface area contributed by atoms with Crippen LogP contribution >= 0.6 is 27.5 Å². The first kappa shape index (κ1) is 15.9. The zero-order valence-electron chi connectivity index (χ0n) is 11.5. The van der Waals surface area contributed by atoms with Gasteiger partial charge in [0, 0.05) is 17.1 Å². The second-order valence-corrected chi connectivity index (χ2v) is 5.39. The number of halogens is 2. The highest BCUT2D eigenvalue weighted by Crippen LogP contribution is 2.19. The van der Waals surface area contributed by atoms with E-state index in [1.54, 1.807) is 6.92 Å². The molecule has 2 aromatic rings. The summed E-state index contributed by atoms with van der Waals surface area (Å²) in [5, 5.41) is 0. The second-order valence-electron chi connectivity index (χ2n) is 4.27. The van der Waals surface area contributed by atoms with Crippen LogP contribution in [-0.2, 0) is 17.0 Å². The van der Waals surface area contributed by atoms with Crippen molar-refractivity contribution >= 4 is 33.5 Å². The van der Waals surface area contributed by atoms with Crippen molar-refractivity contribution in [1.82, 2.24) is 9.97 Å². The molecule has 0 spiro atoms. The van der Waals surface area contributed by atoms with Gasteiger partial charge in [0.1, 0.15) is 11.4 Å². The molecule has 0 amide bonds. The Kier molecular flexibility index (Phi) is 5.70. The number of benzene rings is 1. The fourth-order valence-electron chi connectivity index (χ4n) is 1.84. The SMILES string of the molecule is CCOC(=O)c1cnc(Cc2ccccc2Br)nc1CCl. The summed E-state index contributed by atoms with van der Waals surface area (Å²) in [5.74, 6) is 0.311. The van der Waals surface area contributed by atoms with Crippen LogP contribution in [0.1, 0.15) is 34.4 Å². The van der Waals surface area contributed by atoms with Crippen molar-refractivity contribution in [2.75, 3.05) is 6.61 Å². The molecule has 1 aromatic carbocycles. The van der Waals surface area contributed by atoms with Gasteiger partial charge < -0.3 is 4.74 Å². The highest BCUT2D eigenvalue weighted by atomic mass is 79.9. The largest absolute Gasteiger partial charge is 0.462 e. The van der Waals surface area contributed by atoms with Crippen molar-refractivity contribution in [2.24, 2.45) is 0 Å². The number of carbonyl (C=O) groups is 1. The van der Waals surface area contributed by atoms with Crippen LogP contribution in [0, 0.1) is 0 Å². The van der Waals surface area contributed by atoms with Crippen molar-refractivity contribution in [2.45, 2.75) is 19.2 Å². The molecule has 0 aliphatic heterocycles. The predicted molar refractivity (Wildman–Crippen MR) is 84.5 cm³/mol. The molecule has 0 aliphatic rings. The van der Waals surface area contributed by atoms with E-state index in [9.17, 15) is 4.79 Å². The third-order valence-electron chi connectivity index (χ3n) is 2.85. The Balaban J connectivity index is 2.27. The van der Waals surface area contributed by atoms with E-state index >= 15 is 0 Å². The maximum Gasteiger partial charge on any atom is 0.341 e. The van der Waals surface area contributed by atoms with Crippen molar-refractivity contribution in [3.63, 3.8) is 0 Å². The Morgan fingerprint density at radius 3 is 2.81 bits per heavy atom. The Labute approximate surface area is 136 Å². The zero-order valence-corrected chi connectivity index (χ0v) is 13.8. The number of carbonyl (C=O) groups excluding carboxylic acids is 1. The van der Waals surface area contributed by atoms with Gasteiger partial charge in [-0.1, -0.05) is 34.1 Å². The summed E-state index contributed by atoms with van der Waals surface area (Å²) >= 11 is 9.37. The van der Waals surface area contributed by atoms with E-state index in [2.05, 4.69) is 25.9 Å². The molecule has 0 atom stereocenters. The van der Waals surface area contributed by atoms with Gasteiger partial charge >= 0.3 is 5.97 Å². The molecule has 0 saturated carbocycles. The molecule has 0 bridgehead atoms. The van der Waals surface area contributed by atoms with Crippen LogP contribution in [0.5, 0.6) is 0 Å². The minimum absolute atomic E-state index is 0.139. The lowest BCUT2D eigenvalue weighted by molar-refractivity contribution is 0.0524. The lowest BCUT2D eigenvalue weighted by Crippen LogP contribution is -2.12. The minimum Gasteiger partial charge on any atom is -0.462 e. The molecule has 0 unspecified atom stereocenters. The molecule has 110 valence electrons. The van der Waals surface area contributed by atoms with Gasteiger partial charge in [0.15, 0.2) is 0 Å². The normalized spacial score (nSPS) is 10.4. The first-order valence-corrected chi connectivity index (χ1v) is 7.79. The van der Waals surface area contributed by atoms with Crippen LogP contribution < -0.4 is 0 Å². The number of hydrogen-bond donors (Lipinski definition) is 0. The molecule has 4 nitrogen and oxygen atoms in total. The van der Waals surface area contributed by atoms with Crippen molar-refractivity contribution < 1.29 is 9.53 Å². The molecule has 0 saturated heterocycles. The maximum atomic E-state index is 11.8. The summed E-state index contributed by atoms with van der Waals surface area (Å²) in [6.07, 6.45) is 2.04. The van der Waals surface area contributed by atoms with Crippen LogP contribution in [0.4, 0.5) is 0 Å². The van der Waals surface area contributed by atoms with Gasteiger partial charge in [0.25, 0.3) is 0 Å². The summed E-state index contributed by atoms with van der Waals surface area (Å²) in [6, 6.07) is 7.86. The number of rotatable bonds is 5. The monoisotopic (exact) mass is 368 g/mol. The molecule has 1 aromatic heterocycles. The third kappa shape index (κ3) is 4.02. The molecule has 0 radical (unpaired) electrons. The number of aromatic nitrogens is 2. The topological polar surface area (TPSA) is 52.1 Å². The average Bonchev–Trinajstić information content (AvgIpc) is 2.49. The molecule has 21 heavy (non-hydrogen) atoms. The Morgan fingerprint density at radius 1 is 1.38 bits per heavy atom. The van der Waals surface area contributed by atoms with Gasteiger partial charge in [0.2, 0.25) is 0 Å². The van der Waals surface area contributed by atoms with E-state index in [0.29, 0.717) is 30.1 Å². The van der Waals surface area contributed by atoms with Crippen molar-refractivity contribution in [1.29, 1.82) is 0 Å². The molecule has 0 fully saturated rings. The number of nitrogens with zero attached hydrogens (tertiary/aromatic N) is 2.